The zero-order valence-corrected chi connectivity index (χ0v) is 10.8. The molecule has 0 bridgehead atoms. The van der Waals surface area contributed by atoms with Gasteiger partial charge in [0.05, 0.1) is 19.9 Å². The molecule has 0 amide bonds. The summed E-state index contributed by atoms with van der Waals surface area (Å²) < 4.78 is 10.4. The molecule has 5 heteroatoms. The van der Waals surface area contributed by atoms with Gasteiger partial charge in [-0.2, -0.15) is 0 Å². The van der Waals surface area contributed by atoms with Crippen molar-refractivity contribution in [2.75, 3.05) is 26.1 Å². The maximum absolute atomic E-state index is 5.22. The summed E-state index contributed by atoms with van der Waals surface area (Å²) in [6.45, 7) is 4.22. The molecular weight excluding hydrogens is 236 g/mol. The van der Waals surface area contributed by atoms with Gasteiger partial charge >= 0.3 is 0 Å². The van der Waals surface area contributed by atoms with E-state index in [2.05, 4.69) is 17.2 Å². The standard InChI is InChI=1S/C12H16N2O2S/c1-4-7-13-12(17)14-10-8-9(15-2)5-6-11(10)16-3/h4-6,8H,1,7H2,2-3H3,(H2,13,14,17). The second kappa shape index (κ2) is 6.75. The minimum Gasteiger partial charge on any atom is -0.497 e. The molecule has 0 unspecified atom stereocenters. The number of ether oxygens (including phenoxy) is 2. The molecule has 0 aliphatic carbocycles. The maximum Gasteiger partial charge on any atom is 0.171 e. The fraction of sp³-hybridized carbons (Fsp3) is 0.250. The van der Waals surface area contributed by atoms with E-state index in [1.165, 1.54) is 0 Å². The molecular formula is C12H16N2O2S. The van der Waals surface area contributed by atoms with Crippen LogP contribution in [0.15, 0.2) is 30.9 Å². The van der Waals surface area contributed by atoms with Gasteiger partial charge in [-0.25, -0.2) is 0 Å². The molecule has 2 N–H and O–H groups in total. The van der Waals surface area contributed by atoms with E-state index in [4.69, 9.17) is 21.7 Å². The van der Waals surface area contributed by atoms with Gasteiger partial charge < -0.3 is 20.1 Å². The van der Waals surface area contributed by atoms with E-state index in [-0.39, 0.29) is 0 Å². The lowest BCUT2D eigenvalue weighted by molar-refractivity contribution is 0.405. The van der Waals surface area contributed by atoms with Gasteiger partial charge in [-0.1, -0.05) is 6.08 Å². The van der Waals surface area contributed by atoms with Crippen molar-refractivity contribution in [1.29, 1.82) is 0 Å². The van der Waals surface area contributed by atoms with E-state index in [1.54, 1.807) is 20.3 Å². The van der Waals surface area contributed by atoms with Crippen molar-refractivity contribution in [3.05, 3.63) is 30.9 Å². The third-order valence-electron chi connectivity index (χ3n) is 2.06. The summed E-state index contributed by atoms with van der Waals surface area (Å²) in [6.07, 6.45) is 1.73. The molecule has 0 heterocycles. The van der Waals surface area contributed by atoms with Crippen molar-refractivity contribution in [3.8, 4) is 11.5 Å². The summed E-state index contributed by atoms with van der Waals surface area (Å²) in [7, 11) is 3.22. The van der Waals surface area contributed by atoms with E-state index in [0.29, 0.717) is 17.4 Å². The van der Waals surface area contributed by atoms with Gasteiger partial charge in [-0.15, -0.1) is 6.58 Å². The molecule has 4 nitrogen and oxygen atoms in total. The SMILES string of the molecule is C=CCNC(=S)Nc1cc(OC)ccc1OC. The molecule has 17 heavy (non-hydrogen) atoms. The van der Waals surface area contributed by atoms with Crippen LogP contribution in [0.5, 0.6) is 11.5 Å². The van der Waals surface area contributed by atoms with Crippen LogP contribution in [0.4, 0.5) is 5.69 Å². The number of methoxy groups -OCH3 is 2. The summed E-state index contributed by atoms with van der Waals surface area (Å²) in [5, 5.41) is 6.52. The lowest BCUT2D eigenvalue weighted by atomic mass is 10.2. The first kappa shape index (κ1) is 13.3. The van der Waals surface area contributed by atoms with Crippen LogP contribution in [0.3, 0.4) is 0 Å². The molecule has 92 valence electrons. The summed E-state index contributed by atoms with van der Waals surface area (Å²) in [6, 6.07) is 5.46. The van der Waals surface area contributed by atoms with Gasteiger partial charge in [-0.05, 0) is 24.4 Å². The number of rotatable bonds is 5. The monoisotopic (exact) mass is 252 g/mol. The molecule has 0 radical (unpaired) electrons. The molecule has 0 atom stereocenters. The van der Waals surface area contributed by atoms with E-state index in [9.17, 15) is 0 Å². The Morgan fingerprint density at radius 1 is 1.41 bits per heavy atom. The van der Waals surface area contributed by atoms with Crippen molar-refractivity contribution in [2.45, 2.75) is 0 Å². The predicted octanol–water partition coefficient (Wildman–Crippen LogP) is 2.18. The van der Waals surface area contributed by atoms with Crippen molar-refractivity contribution in [1.82, 2.24) is 5.32 Å². The third-order valence-corrected chi connectivity index (χ3v) is 2.31. The summed E-state index contributed by atoms with van der Waals surface area (Å²) >= 11 is 5.12. The van der Waals surface area contributed by atoms with E-state index < -0.39 is 0 Å². The normalized spacial score (nSPS) is 9.29. The summed E-state index contributed by atoms with van der Waals surface area (Å²) in [5.41, 5.74) is 0.758. The molecule has 0 spiro atoms. The van der Waals surface area contributed by atoms with Gasteiger partial charge in [0.2, 0.25) is 0 Å². The fourth-order valence-corrected chi connectivity index (χ4v) is 1.44. The Morgan fingerprint density at radius 2 is 2.18 bits per heavy atom. The average molecular weight is 252 g/mol. The molecule has 0 fully saturated rings. The average Bonchev–Trinajstić information content (AvgIpc) is 2.36. The third kappa shape index (κ3) is 3.96. The highest BCUT2D eigenvalue weighted by atomic mass is 32.1. The van der Waals surface area contributed by atoms with Crippen molar-refractivity contribution in [3.63, 3.8) is 0 Å². The molecule has 0 saturated carbocycles. The van der Waals surface area contributed by atoms with Gasteiger partial charge in [0, 0.05) is 12.6 Å². The summed E-state index contributed by atoms with van der Waals surface area (Å²) in [4.78, 5) is 0. The molecule has 1 aromatic carbocycles. The number of hydrogen-bond acceptors (Lipinski definition) is 3. The maximum atomic E-state index is 5.22. The Kier molecular flexibility index (Phi) is 5.29. The highest BCUT2D eigenvalue weighted by molar-refractivity contribution is 7.80. The highest BCUT2D eigenvalue weighted by Gasteiger charge is 2.06. The zero-order valence-electron chi connectivity index (χ0n) is 9.95. The number of nitrogens with one attached hydrogen (secondary N) is 2. The Labute approximate surface area is 107 Å². The van der Waals surface area contributed by atoms with Crippen LogP contribution in [-0.4, -0.2) is 25.9 Å². The first-order chi connectivity index (χ1) is 8.21. The van der Waals surface area contributed by atoms with Gasteiger partial charge in [0.1, 0.15) is 11.5 Å². The largest absolute Gasteiger partial charge is 0.497 e. The number of anilines is 1. The summed E-state index contributed by atoms with van der Waals surface area (Å²) in [5.74, 6) is 1.44. The molecule has 0 saturated heterocycles. The van der Waals surface area contributed by atoms with Gasteiger partial charge in [-0.3, -0.25) is 0 Å². The lowest BCUT2D eigenvalue weighted by Gasteiger charge is -2.13. The van der Waals surface area contributed by atoms with E-state index in [0.717, 1.165) is 11.4 Å². The second-order valence-electron chi connectivity index (χ2n) is 3.19. The minimum absolute atomic E-state index is 0.511. The van der Waals surface area contributed by atoms with Crippen LogP contribution in [-0.2, 0) is 0 Å². The van der Waals surface area contributed by atoms with Crippen LogP contribution in [0.2, 0.25) is 0 Å². The first-order valence-electron chi connectivity index (χ1n) is 5.09. The molecule has 0 aliphatic rings. The van der Waals surface area contributed by atoms with E-state index in [1.807, 2.05) is 18.2 Å². The highest BCUT2D eigenvalue weighted by Crippen LogP contribution is 2.28. The van der Waals surface area contributed by atoms with Crippen LogP contribution in [0.25, 0.3) is 0 Å². The van der Waals surface area contributed by atoms with E-state index >= 15 is 0 Å². The molecule has 0 aromatic heterocycles. The van der Waals surface area contributed by atoms with Crippen molar-refractivity contribution < 1.29 is 9.47 Å². The second-order valence-corrected chi connectivity index (χ2v) is 3.60. The molecule has 0 aliphatic heterocycles. The van der Waals surface area contributed by atoms with Crippen LogP contribution in [0, 0.1) is 0 Å². The Hall–Kier alpha value is -1.75. The molecule has 1 rings (SSSR count). The quantitative estimate of drug-likeness (QED) is 0.621. The van der Waals surface area contributed by atoms with Crippen LogP contribution >= 0.6 is 12.2 Å². The van der Waals surface area contributed by atoms with Gasteiger partial charge in [0.25, 0.3) is 0 Å². The number of hydrogen-bond donors (Lipinski definition) is 2. The van der Waals surface area contributed by atoms with Crippen LogP contribution in [0.1, 0.15) is 0 Å². The predicted molar refractivity (Wildman–Crippen MR) is 74.0 cm³/mol. The fourth-order valence-electron chi connectivity index (χ4n) is 1.24. The van der Waals surface area contributed by atoms with Crippen molar-refractivity contribution >= 4 is 23.0 Å². The van der Waals surface area contributed by atoms with Crippen LogP contribution < -0.4 is 20.1 Å². The zero-order chi connectivity index (χ0) is 12.7. The molecule has 1 aromatic rings. The smallest absolute Gasteiger partial charge is 0.171 e. The minimum atomic E-state index is 0.511. The Morgan fingerprint density at radius 3 is 2.76 bits per heavy atom. The first-order valence-corrected chi connectivity index (χ1v) is 5.50. The van der Waals surface area contributed by atoms with Crippen molar-refractivity contribution in [2.24, 2.45) is 0 Å². The number of benzene rings is 1. The number of thiocarbonyl (C=S) groups is 1. The Balaban J connectivity index is 2.79. The topological polar surface area (TPSA) is 42.5 Å². The van der Waals surface area contributed by atoms with Gasteiger partial charge in [0.15, 0.2) is 5.11 Å². The Bertz CT molecular complexity index is 407. The lowest BCUT2D eigenvalue weighted by Crippen LogP contribution is -2.28.